The van der Waals surface area contributed by atoms with Crippen LogP contribution >= 0.6 is 0 Å². The second-order valence-corrected chi connectivity index (χ2v) is 7.53. The molecule has 0 saturated carbocycles. The molecule has 2 rings (SSSR count). The van der Waals surface area contributed by atoms with E-state index in [1.807, 2.05) is 25.1 Å². The minimum absolute atomic E-state index is 0.0220. The van der Waals surface area contributed by atoms with Crippen molar-refractivity contribution >= 4 is 15.5 Å². The number of ether oxygens (including phenoxy) is 1. The van der Waals surface area contributed by atoms with E-state index in [0.29, 0.717) is 18.9 Å². The summed E-state index contributed by atoms with van der Waals surface area (Å²) in [5.74, 6) is 0.169. The molecule has 0 atom stereocenters. The average molecular weight is 337 g/mol. The van der Waals surface area contributed by atoms with Gasteiger partial charge in [-0.1, -0.05) is 18.2 Å². The van der Waals surface area contributed by atoms with Crippen LogP contribution in [-0.4, -0.2) is 27.8 Å². The van der Waals surface area contributed by atoms with Gasteiger partial charge in [-0.2, -0.15) is 0 Å². The van der Waals surface area contributed by atoms with Crippen molar-refractivity contribution in [2.75, 3.05) is 24.7 Å². The topological polar surface area (TPSA) is 55.4 Å². The van der Waals surface area contributed by atoms with Crippen molar-refractivity contribution in [1.82, 2.24) is 0 Å². The number of benzene rings is 2. The summed E-state index contributed by atoms with van der Waals surface area (Å²) < 4.78 is 41.4. The smallest absolute Gasteiger partial charge is 0.151 e. The van der Waals surface area contributed by atoms with Crippen LogP contribution in [0.15, 0.2) is 42.5 Å². The molecular weight excluding hydrogens is 317 g/mol. The SMILES string of the molecule is Cc1c(CS(C)(=O)=O)cccc1NCCOc1cccc(F)c1. The molecule has 1 N–H and O–H groups in total. The first-order valence-electron chi connectivity index (χ1n) is 7.23. The van der Waals surface area contributed by atoms with Crippen molar-refractivity contribution in [2.24, 2.45) is 0 Å². The van der Waals surface area contributed by atoms with Crippen LogP contribution in [0.3, 0.4) is 0 Å². The second-order valence-electron chi connectivity index (χ2n) is 5.39. The van der Waals surface area contributed by atoms with E-state index in [4.69, 9.17) is 4.74 Å². The Balaban J connectivity index is 1.92. The van der Waals surface area contributed by atoms with Gasteiger partial charge in [0.15, 0.2) is 9.84 Å². The Bertz CT molecular complexity index is 775. The Labute approximate surface area is 136 Å². The fourth-order valence-electron chi connectivity index (χ4n) is 2.23. The lowest BCUT2D eigenvalue weighted by molar-refractivity contribution is 0.331. The van der Waals surface area contributed by atoms with Crippen LogP contribution in [0, 0.1) is 12.7 Å². The minimum atomic E-state index is -3.07. The maximum absolute atomic E-state index is 13.0. The Hall–Kier alpha value is -2.08. The van der Waals surface area contributed by atoms with E-state index >= 15 is 0 Å². The lowest BCUT2D eigenvalue weighted by Gasteiger charge is -2.13. The summed E-state index contributed by atoms with van der Waals surface area (Å²) in [4.78, 5) is 0. The van der Waals surface area contributed by atoms with Crippen LogP contribution in [0.25, 0.3) is 0 Å². The molecule has 0 heterocycles. The van der Waals surface area contributed by atoms with E-state index in [0.717, 1.165) is 16.8 Å². The minimum Gasteiger partial charge on any atom is -0.492 e. The summed E-state index contributed by atoms with van der Waals surface area (Å²) in [5.41, 5.74) is 2.56. The van der Waals surface area contributed by atoms with E-state index in [9.17, 15) is 12.8 Å². The van der Waals surface area contributed by atoms with Gasteiger partial charge in [0.2, 0.25) is 0 Å². The highest BCUT2D eigenvalue weighted by Crippen LogP contribution is 2.20. The summed E-state index contributed by atoms with van der Waals surface area (Å²) in [6.45, 7) is 2.79. The zero-order valence-corrected chi connectivity index (χ0v) is 14.0. The molecule has 2 aromatic carbocycles. The molecule has 23 heavy (non-hydrogen) atoms. The fourth-order valence-corrected chi connectivity index (χ4v) is 3.10. The summed E-state index contributed by atoms with van der Waals surface area (Å²) in [7, 11) is -3.07. The highest BCUT2D eigenvalue weighted by molar-refractivity contribution is 7.89. The highest BCUT2D eigenvalue weighted by Gasteiger charge is 2.09. The molecule has 0 aliphatic carbocycles. The molecule has 0 aromatic heterocycles. The van der Waals surface area contributed by atoms with Gasteiger partial charge in [-0.3, -0.25) is 0 Å². The summed E-state index contributed by atoms with van der Waals surface area (Å²) in [5, 5.41) is 3.21. The van der Waals surface area contributed by atoms with E-state index in [1.165, 1.54) is 18.4 Å². The van der Waals surface area contributed by atoms with Gasteiger partial charge in [0.05, 0.1) is 5.75 Å². The summed E-state index contributed by atoms with van der Waals surface area (Å²) >= 11 is 0. The number of anilines is 1. The third-order valence-electron chi connectivity index (χ3n) is 3.35. The van der Waals surface area contributed by atoms with Crippen molar-refractivity contribution in [3.05, 3.63) is 59.4 Å². The molecule has 2 aromatic rings. The van der Waals surface area contributed by atoms with E-state index < -0.39 is 9.84 Å². The molecule has 124 valence electrons. The molecule has 0 unspecified atom stereocenters. The van der Waals surface area contributed by atoms with Gasteiger partial charge < -0.3 is 10.1 Å². The first kappa shape index (κ1) is 17.3. The normalized spacial score (nSPS) is 11.3. The lowest BCUT2D eigenvalue weighted by Crippen LogP contribution is -2.13. The van der Waals surface area contributed by atoms with Crippen LogP contribution in [0.1, 0.15) is 11.1 Å². The van der Waals surface area contributed by atoms with E-state index in [-0.39, 0.29) is 11.6 Å². The monoisotopic (exact) mass is 337 g/mol. The zero-order chi connectivity index (χ0) is 16.9. The molecule has 0 radical (unpaired) electrons. The zero-order valence-electron chi connectivity index (χ0n) is 13.2. The molecule has 0 amide bonds. The van der Waals surface area contributed by atoms with Gasteiger partial charge in [-0.25, -0.2) is 12.8 Å². The van der Waals surface area contributed by atoms with E-state index in [2.05, 4.69) is 5.32 Å². The Morgan fingerprint density at radius 1 is 1.17 bits per heavy atom. The van der Waals surface area contributed by atoms with Gasteiger partial charge in [0, 0.05) is 24.6 Å². The largest absolute Gasteiger partial charge is 0.492 e. The number of nitrogens with one attached hydrogen (secondary N) is 1. The van der Waals surface area contributed by atoms with Crippen molar-refractivity contribution in [3.63, 3.8) is 0 Å². The number of halogens is 1. The Kier molecular flexibility index (Phi) is 5.60. The second kappa shape index (κ2) is 7.46. The van der Waals surface area contributed by atoms with Gasteiger partial charge in [0.1, 0.15) is 18.2 Å². The van der Waals surface area contributed by atoms with Crippen molar-refractivity contribution in [3.8, 4) is 5.75 Å². The predicted molar refractivity (Wildman–Crippen MR) is 90.1 cm³/mol. The molecule has 0 fully saturated rings. The van der Waals surface area contributed by atoms with Crippen LogP contribution in [0.5, 0.6) is 5.75 Å². The lowest BCUT2D eigenvalue weighted by atomic mass is 10.1. The standard InChI is InChI=1S/C17H20FNO3S/c1-13-14(12-23(2,20)21)5-3-8-17(13)19-9-10-22-16-7-4-6-15(18)11-16/h3-8,11,19H,9-10,12H2,1-2H3. The average Bonchev–Trinajstić information content (AvgIpc) is 2.46. The number of hydrogen-bond donors (Lipinski definition) is 1. The van der Waals surface area contributed by atoms with Crippen LogP contribution in [0.2, 0.25) is 0 Å². The Morgan fingerprint density at radius 2 is 1.91 bits per heavy atom. The van der Waals surface area contributed by atoms with Crippen molar-refractivity contribution in [2.45, 2.75) is 12.7 Å². The number of sulfone groups is 1. The highest BCUT2D eigenvalue weighted by atomic mass is 32.2. The Morgan fingerprint density at radius 3 is 2.61 bits per heavy atom. The predicted octanol–water partition coefficient (Wildman–Crippen LogP) is 3.17. The maximum atomic E-state index is 13.0. The first-order valence-corrected chi connectivity index (χ1v) is 9.30. The van der Waals surface area contributed by atoms with Crippen LogP contribution in [-0.2, 0) is 15.6 Å². The molecule has 0 saturated heterocycles. The molecule has 0 bridgehead atoms. The summed E-state index contributed by atoms with van der Waals surface area (Å²) in [6.07, 6.45) is 1.22. The molecular formula is C17H20FNO3S. The third-order valence-corrected chi connectivity index (χ3v) is 4.18. The van der Waals surface area contributed by atoms with Gasteiger partial charge in [0.25, 0.3) is 0 Å². The van der Waals surface area contributed by atoms with Gasteiger partial charge in [-0.05, 0) is 36.2 Å². The van der Waals surface area contributed by atoms with Gasteiger partial charge >= 0.3 is 0 Å². The van der Waals surface area contributed by atoms with Crippen LogP contribution in [0.4, 0.5) is 10.1 Å². The number of rotatable bonds is 7. The maximum Gasteiger partial charge on any atom is 0.151 e. The van der Waals surface area contributed by atoms with Crippen LogP contribution < -0.4 is 10.1 Å². The van der Waals surface area contributed by atoms with Crippen molar-refractivity contribution in [1.29, 1.82) is 0 Å². The third kappa shape index (κ3) is 5.56. The molecule has 6 heteroatoms. The molecule has 0 spiro atoms. The molecule has 0 aliphatic rings. The summed E-state index contributed by atoms with van der Waals surface area (Å²) in [6, 6.07) is 11.5. The fraction of sp³-hybridized carbons (Fsp3) is 0.294. The van der Waals surface area contributed by atoms with E-state index in [1.54, 1.807) is 12.1 Å². The molecule has 0 aliphatic heterocycles. The quantitative estimate of drug-likeness (QED) is 0.789. The van der Waals surface area contributed by atoms with Gasteiger partial charge in [-0.15, -0.1) is 0 Å². The number of hydrogen-bond acceptors (Lipinski definition) is 4. The molecule has 4 nitrogen and oxygen atoms in total. The van der Waals surface area contributed by atoms with Crippen molar-refractivity contribution < 1.29 is 17.5 Å². The first-order chi connectivity index (χ1) is 10.8.